The second kappa shape index (κ2) is 5.85. The van der Waals surface area contributed by atoms with Gasteiger partial charge in [0, 0.05) is 24.4 Å². The molecule has 1 aromatic heterocycles. The fourth-order valence-corrected chi connectivity index (χ4v) is 2.86. The third-order valence-electron chi connectivity index (χ3n) is 4.07. The van der Waals surface area contributed by atoms with Gasteiger partial charge in [0.25, 0.3) is 0 Å². The summed E-state index contributed by atoms with van der Waals surface area (Å²) in [5.74, 6) is 2.26. The van der Waals surface area contributed by atoms with Gasteiger partial charge in [-0.2, -0.15) is 5.10 Å². The van der Waals surface area contributed by atoms with Gasteiger partial charge in [-0.25, -0.2) is 9.67 Å². The van der Waals surface area contributed by atoms with Crippen molar-refractivity contribution in [3.8, 4) is 5.75 Å². The summed E-state index contributed by atoms with van der Waals surface area (Å²) < 4.78 is 7.77. The van der Waals surface area contributed by atoms with Crippen LogP contribution in [0.25, 0.3) is 0 Å². The lowest BCUT2D eigenvalue weighted by atomic mass is 9.89. The molecule has 5 nitrogen and oxygen atoms in total. The number of hydrogen-bond donors (Lipinski definition) is 1. The van der Waals surface area contributed by atoms with Crippen molar-refractivity contribution in [2.75, 3.05) is 6.61 Å². The van der Waals surface area contributed by atoms with Gasteiger partial charge < -0.3 is 10.5 Å². The van der Waals surface area contributed by atoms with Gasteiger partial charge in [-0.3, -0.25) is 0 Å². The Kier molecular flexibility index (Phi) is 3.92. The number of nitrogens with two attached hydrogens (primary N) is 1. The highest BCUT2D eigenvalue weighted by Crippen LogP contribution is 2.28. The molecule has 0 bridgehead atoms. The van der Waals surface area contributed by atoms with Crippen LogP contribution >= 0.6 is 0 Å². The first kappa shape index (κ1) is 14.1. The van der Waals surface area contributed by atoms with Crippen LogP contribution in [-0.2, 0) is 12.8 Å². The molecule has 2 N–H and O–H groups in total. The summed E-state index contributed by atoms with van der Waals surface area (Å²) in [7, 11) is 0. The van der Waals surface area contributed by atoms with E-state index in [1.54, 1.807) is 6.33 Å². The molecule has 2 heterocycles. The third kappa shape index (κ3) is 2.93. The molecule has 0 aliphatic carbocycles. The fourth-order valence-electron chi connectivity index (χ4n) is 2.86. The predicted octanol–water partition coefficient (Wildman–Crippen LogP) is 1.98. The number of aromatic nitrogens is 3. The maximum Gasteiger partial charge on any atom is 0.138 e. The molecule has 0 radical (unpaired) electrons. The van der Waals surface area contributed by atoms with E-state index in [4.69, 9.17) is 10.5 Å². The number of hydrogen-bond acceptors (Lipinski definition) is 4. The Labute approximate surface area is 125 Å². The summed E-state index contributed by atoms with van der Waals surface area (Å²) in [6.07, 6.45) is 3.30. The Hall–Kier alpha value is -1.88. The summed E-state index contributed by atoms with van der Waals surface area (Å²) in [6.45, 7) is 4.88. The van der Waals surface area contributed by atoms with Gasteiger partial charge in [0.05, 0.1) is 6.61 Å². The Morgan fingerprint density at radius 1 is 1.38 bits per heavy atom. The average Bonchev–Trinajstić information content (AvgIpc) is 2.95. The fraction of sp³-hybridized carbons (Fsp3) is 0.500. The molecule has 21 heavy (non-hydrogen) atoms. The first-order chi connectivity index (χ1) is 10.1. The van der Waals surface area contributed by atoms with Crippen LogP contribution in [0.1, 0.15) is 31.3 Å². The molecule has 0 spiro atoms. The maximum absolute atomic E-state index is 6.40. The van der Waals surface area contributed by atoms with Crippen molar-refractivity contribution in [1.82, 2.24) is 14.8 Å². The molecule has 1 aliphatic heterocycles. The van der Waals surface area contributed by atoms with Crippen molar-refractivity contribution in [2.45, 2.75) is 38.8 Å². The van der Waals surface area contributed by atoms with Gasteiger partial charge >= 0.3 is 0 Å². The molecule has 0 saturated carbocycles. The smallest absolute Gasteiger partial charge is 0.138 e. The summed E-state index contributed by atoms with van der Waals surface area (Å²) in [5, 5.41) is 4.27. The SMILES string of the molecule is CC(C)n1ncnc1CC(N)C1COc2ccccc2C1. The van der Waals surface area contributed by atoms with Crippen molar-refractivity contribution >= 4 is 0 Å². The Bertz CT molecular complexity index is 608. The van der Waals surface area contributed by atoms with E-state index in [2.05, 4.69) is 30.0 Å². The highest BCUT2D eigenvalue weighted by Gasteiger charge is 2.26. The highest BCUT2D eigenvalue weighted by molar-refractivity contribution is 5.35. The number of fused-ring (bicyclic) bond motifs is 1. The van der Waals surface area contributed by atoms with E-state index in [9.17, 15) is 0 Å². The normalized spacial score (nSPS) is 19.1. The van der Waals surface area contributed by atoms with Gasteiger partial charge in [-0.05, 0) is 31.9 Å². The zero-order valence-electron chi connectivity index (χ0n) is 12.6. The Morgan fingerprint density at radius 3 is 3.00 bits per heavy atom. The molecule has 2 aromatic rings. The van der Waals surface area contributed by atoms with E-state index >= 15 is 0 Å². The summed E-state index contributed by atoms with van der Waals surface area (Å²) in [5.41, 5.74) is 7.65. The molecule has 0 amide bonds. The van der Waals surface area contributed by atoms with Crippen LogP contribution in [-0.4, -0.2) is 27.4 Å². The summed E-state index contributed by atoms with van der Waals surface area (Å²) in [6, 6.07) is 8.52. The van der Waals surface area contributed by atoms with Crippen molar-refractivity contribution in [3.63, 3.8) is 0 Å². The van der Waals surface area contributed by atoms with Crippen molar-refractivity contribution in [2.24, 2.45) is 11.7 Å². The van der Waals surface area contributed by atoms with Crippen LogP contribution in [0.15, 0.2) is 30.6 Å². The minimum Gasteiger partial charge on any atom is -0.493 e. The first-order valence-corrected chi connectivity index (χ1v) is 7.50. The van der Waals surface area contributed by atoms with Crippen LogP contribution in [0, 0.1) is 5.92 Å². The zero-order chi connectivity index (χ0) is 14.8. The Balaban J connectivity index is 1.69. The largest absolute Gasteiger partial charge is 0.493 e. The lowest BCUT2D eigenvalue weighted by molar-refractivity contribution is 0.197. The molecule has 1 aliphatic rings. The quantitative estimate of drug-likeness (QED) is 0.933. The molecule has 112 valence electrons. The standard InChI is InChI=1S/C16H22N4O/c1-11(2)20-16(18-10-19-20)8-14(17)13-7-12-5-3-4-6-15(12)21-9-13/h3-6,10-11,13-14H,7-9,17H2,1-2H3. The Morgan fingerprint density at radius 2 is 2.19 bits per heavy atom. The second-order valence-corrected chi connectivity index (χ2v) is 5.97. The molecule has 0 saturated heterocycles. The zero-order valence-corrected chi connectivity index (χ0v) is 12.6. The molecule has 3 rings (SSSR count). The molecule has 2 atom stereocenters. The van der Waals surface area contributed by atoms with E-state index in [-0.39, 0.29) is 6.04 Å². The van der Waals surface area contributed by atoms with E-state index in [1.807, 2.05) is 22.9 Å². The predicted molar refractivity (Wildman–Crippen MR) is 81.2 cm³/mol. The van der Waals surface area contributed by atoms with E-state index in [0.717, 1.165) is 24.4 Å². The van der Waals surface area contributed by atoms with Crippen LogP contribution in [0.2, 0.25) is 0 Å². The molecular weight excluding hydrogens is 264 g/mol. The molecule has 0 fully saturated rings. The van der Waals surface area contributed by atoms with Gasteiger partial charge in [-0.1, -0.05) is 18.2 Å². The minimum absolute atomic E-state index is 0.0278. The highest BCUT2D eigenvalue weighted by atomic mass is 16.5. The number of para-hydroxylation sites is 1. The molecule has 2 unspecified atom stereocenters. The van der Waals surface area contributed by atoms with Crippen LogP contribution < -0.4 is 10.5 Å². The van der Waals surface area contributed by atoms with E-state index in [0.29, 0.717) is 18.6 Å². The minimum atomic E-state index is 0.0278. The van der Waals surface area contributed by atoms with Crippen LogP contribution in [0.4, 0.5) is 0 Å². The van der Waals surface area contributed by atoms with Crippen molar-refractivity contribution < 1.29 is 4.74 Å². The van der Waals surface area contributed by atoms with Gasteiger partial charge in [0.15, 0.2) is 0 Å². The number of rotatable bonds is 4. The summed E-state index contributed by atoms with van der Waals surface area (Å²) >= 11 is 0. The van der Waals surface area contributed by atoms with Crippen molar-refractivity contribution in [1.29, 1.82) is 0 Å². The lowest BCUT2D eigenvalue weighted by Gasteiger charge is -2.29. The summed E-state index contributed by atoms with van der Waals surface area (Å²) in [4.78, 5) is 4.35. The monoisotopic (exact) mass is 286 g/mol. The second-order valence-electron chi connectivity index (χ2n) is 5.97. The average molecular weight is 286 g/mol. The topological polar surface area (TPSA) is 66.0 Å². The molecular formula is C16H22N4O. The first-order valence-electron chi connectivity index (χ1n) is 7.50. The lowest BCUT2D eigenvalue weighted by Crippen LogP contribution is -2.40. The maximum atomic E-state index is 6.40. The van der Waals surface area contributed by atoms with Gasteiger partial charge in [0.2, 0.25) is 0 Å². The van der Waals surface area contributed by atoms with E-state index < -0.39 is 0 Å². The molecule has 5 heteroatoms. The number of benzene rings is 1. The van der Waals surface area contributed by atoms with Gasteiger partial charge in [0.1, 0.15) is 17.9 Å². The van der Waals surface area contributed by atoms with Gasteiger partial charge in [-0.15, -0.1) is 0 Å². The van der Waals surface area contributed by atoms with Crippen LogP contribution in [0.5, 0.6) is 5.75 Å². The van der Waals surface area contributed by atoms with Crippen molar-refractivity contribution in [3.05, 3.63) is 42.0 Å². The molecule has 1 aromatic carbocycles. The van der Waals surface area contributed by atoms with E-state index in [1.165, 1.54) is 5.56 Å². The number of nitrogens with zero attached hydrogens (tertiary/aromatic N) is 3. The van der Waals surface area contributed by atoms with Crippen LogP contribution in [0.3, 0.4) is 0 Å². The number of ether oxygens (including phenoxy) is 1. The third-order valence-corrected chi connectivity index (χ3v) is 4.07.